The molecule has 0 spiro atoms. The van der Waals surface area contributed by atoms with Crippen molar-refractivity contribution in [3.05, 3.63) is 24.0 Å². The van der Waals surface area contributed by atoms with Crippen molar-refractivity contribution >= 4 is 11.9 Å². The lowest BCUT2D eigenvalue weighted by Gasteiger charge is -2.31. The third-order valence-electron chi connectivity index (χ3n) is 3.03. The van der Waals surface area contributed by atoms with Crippen LogP contribution in [0.3, 0.4) is 0 Å². The summed E-state index contributed by atoms with van der Waals surface area (Å²) < 4.78 is 10.5. The van der Waals surface area contributed by atoms with E-state index in [1.165, 1.54) is 18.3 Å². The highest BCUT2D eigenvalue weighted by molar-refractivity contribution is 5.94. The largest absolute Gasteiger partial charge is 0.505 e. The number of carboxylic acids is 1. The maximum atomic E-state index is 12.1. The molecule has 1 fully saturated rings. The quantitative estimate of drug-likeness (QED) is 0.687. The molecular formula is C13H16N2O6. The molecule has 1 amide bonds. The van der Waals surface area contributed by atoms with Crippen molar-refractivity contribution in [3.63, 3.8) is 0 Å². The van der Waals surface area contributed by atoms with Crippen molar-refractivity contribution < 1.29 is 29.3 Å². The molecule has 114 valence electrons. The van der Waals surface area contributed by atoms with Crippen molar-refractivity contribution in [2.75, 3.05) is 19.8 Å². The van der Waals surface area contributed by atoms with Gasteiger partial charge in [-0.25, -0.2) is 9.78 Å². The van der Waals surface area contributed by atoms with Crippen molar-refractivity contribution in [2.45, 2.75) is 18.6 Å². The SMILES string of the molecule is O=C(O)CO[C@@H]1CCOC[C@@H]1NC(=O)c1ncccc1O. The van der Waals surface area contributed by atoms with Gasteiger partial charge < -0.3 is 25.0 Å². The molecule has 0 radical (unpaired) electrons. The number of nitrogens with zero attached hydrogens (tertiary/aromatic N) is 1. The van der Waals surface area contributed by atoms with Crippen molar-refractivity contribution in [1.29, 1.82) is 0 Å². The lowest BCUT2D eigenvalue weighted by atomic mass is 10.1. The van der Waals surface area contributed by atoms with Crippen molar-refractivity contribution in [1.82, 2.24) is 10.3 Å². The van der Waals surface area contributed by atoms with Gasteiger partial charge in [0.1, 0.15) is 12.4 Å². The molecule has 21 heavy (non-hydrogen) atoms. The second-order valence-electron chi connectivity index (χ2n) is 4.56. The summed E-state index contributed by atoms with van der Waals surface area (Å²) in [7, 11) is 0. The average molecular weight is 296 g/mol. The first-order valence-corrected chi connectivity index (χ1v) is 6.44. The summed E-state index contributed by atoms with van der Waals surface area (Å²) in [5, 5.41) is 20.9. The minimum atomic E-state index is -1.08. The van der Waals surface area contributed by atoms with Crippen molar-refractivity contribution in [2.24, 2.45) is 0 Å². The van der Waals surface area contributed by atoms with Gasteiger partial charge in [-0.1, -0.05) is 0 Å². The zero-order valence-corrected chi connectivity index (χ0v) is 11.2. The first-order valence-electron chi connectivity index (χ1n) is 6.44. The van der Waals surface area contributed by atoms with Gasteiger partial charge in [0.2, 0.25) is 0 Å². The van der Waals surface area contributed by atoms with Crippen LogP contribution in [0.4, 0.5) is 0 Å². The van der Waals surface area contributed by atoms with E-state index in [9.17, 15) is 14.7 Å². The summed E-state index contributed by atoms with van der Waals surface area (Å²) in [6.07, 6.45) is 1.42. The van der Waals surface area contributed by atoms with E-state index in [1.807, 2.05) is 0 Å². The molecule has 1 aromatic heterocycles. The fraction of sp³-hybridized carbons (Fsp3) is 0.462. The smallest absolute Gasteiger partial charge is 0.329 e. The van der Waals surface area contributed by atoms with Gasteiger partial charge in [-0.05, 0) is 18.6 Å². The number of carbonyl (C=O) groups is 2. The molecule has 8 heteroatoms. The summed E-state index contributed by atoms with van der Waals surface area (Å²) in [6.45, 7) is 0.209. The minimum Gasteiger partial charge on any atom is -0.505 e. The Morgan fingerprint density at radius 2 is 2.33 bits per heavy atom. The number of carboxylic acid groups (broad SMARTS) is 1. The van der Waals surface area contributed by atoms with Gasteiger partial charge in [-0.2, -0.15) is 0 Å². The molecule has 1 aliphatic heterocycles. The maximum Gasteiger partial charge on any atom is 0.329 e. The summed E-state index contributed by atoms with van der Waals surface area (Å²) in [5.74, 6) is -1.86. The Morgan fingerprint density at radius 3 is 3.05 bits per heavy atom. The molecule has 2 heterocycles. The number of carbonyl (C=O) groups excluding carboxylic acids is 1. The molecule has 0 aliphatic carbocycles. The Balaban J connectivity index is 2.00. The predicted octanol–water partition coefficient (Wildman–Crippen LogP) is -0.224. The van der Waals surface area contributed by atoms with Crippen LogP contribution in [0.25, 0.3) is 0 Å². The summed E-state index contributed by atoms with van der Waals surface area (Å²) >= 11 is 0. The van der Waals surface area contributed by atoms with E-state index in [-0.39, 0.29) is 18.1 Å². The van der Waals surface area contributed by atoms with Crippen molar-refractivity contribution in [3.8, 4) is 5.75 Å². The highest BCUT2D eigenvalue weighted by Gasteiger charge is 2.29. The first kappa shape index (κ1) is 15.2. The topological polar surface area (TPSA) is 118 Å². The van der Waals surface area contributed by atoms with Crippen LogP contribution in [0.5, 0.6) is 5.75 Å². The molecule has 0 bridgehead atoms. The summed E-state index contributed by atoms with van der Waals surface area (Å²) in [5.41, 5.74) is -0.0972. The van der Waals surface area contributed by atoms with E-state index in [2.05, 4.69) is 10.3 Å². The molecule has 0 saturated carbocycles. The molecule has 0 aromatic carbocycles. The van der Waals surface area contributed by atoms with E-state index in [0.29, 0.717) is 13.0 Å². The minimum absolute atomic E-state index is 0.0972. The number of amides is 1. The molecule has 1 aromatic rings. The molecule has 2 atom stereocenters. The Hall–Kier alpha value is -2.19. The van der Waals surface area contributed by atoms with Crippen LogP contribution in [0.2, 0.25) is 0 Å². The maximum absolute atomic E-state index is 12.1. The van der Waals surface area contributed by atoms with Crippen LogP contribution >= 0.6 is 0 Å². The number of pyridine rings is 1. The normalized spacial score (nSPS) is 21.7. The van der Waals surface area contributed by atoms with Crippen LogP contribution in [0.1, 0.15) is 16.9 Å². The van der Waals surface area contributed by atoms with E-state index in [0.717, 1.165) is 0 Å². The van der Waals surface area contributed by atoms with Crippen LogP contribution in [-0.4, -0.2) is 59.0 Å². The Kier molecular flexibility index (Phi) is 5.07. The Morgan fingerprint density at radius 1 is 1.52 bits per heavy atom. The number of aromatic hydroxyl groups is 1. The number of aromatic nitrogens is 1. The molecule has 1 saturated heterocycles. The van der Waals surface area contributed by atoms with Crippen LogP contribution in [0.15, 0.2) is 18.3 Å². The second-order valence-corrected chi connectivity index (χ2v) is 4.56. The van der Waals surface area contributed by atoms with E-state index in [4.69, 9.17) is 14.6 Å². The molecule has 3 N–H and O–H groups in total. The van der Waals surface area contributed by atoms with Gasteiger partial charge in [-0.15, -0.1) is 0 Å². The highest BCUT2D eigenvalue weighted by atomic mass is 16.5. The third kappa shape index (κ3) is 4.14. The third-order valence-corrected chi connectivity index (χ3v) is 3.03. The number of hydrogen-bond acceptors (Lipinski definition) is 6. The van der Waals surface area contributed by atoms with Crippen LogP contribution in [-0.2, 0) is 14.3 Å². The molecule has 2 rings (SSSR count). The number of aliphatic carboxylic acids is 1. The van der Waals surface area contributed by atoms with Gasteiger partial charge >= 0.3 is 5.97 Å². The first-order chi connectivity index (χ1) is 10.1. The number of rotatable bonds is 5. The van der Waals surface area contributed by atoms with Gasteiger partial charge in [0.25, 0.3) is 5.91 Å². The fourth-order valence-electron chi connectivity index (χ4n) is 2.04. The zero-order valence-electron chi connectivity index (χ0n) is 11.2. The van der Waals surface area contributed by atoms with Crippen LogP contribution < -0.4 is 5.32 Å². The lowest BCUT2D eigenvalue weighted by molar-refractivity contribution is -0.147. The number of hydrogen-bond donors (Lipinski definition) is 3. The van der Waals surface area contributed by atoms with Gasteiger partial charge in [-0.3, -0.25) is 4.79 Å². The van der Waals surface area contributed by atoms with Gasteiger partial charge in [0.05, 0.1) is 18.8 Å². The Bertz CT molecular complexity index is 521. The summed E-state index contributed by atoms with van der Waals surface area (Å²) in [4.78, 5) is 26.4. The van der Waals surface area contributed by atoms with Gasteiger partial charge in [0, 0.05) is 12.8 Å². The zero-order chi connectivity index (χ0) is 15.2. The highest BCUT2D eigenvalue weighted by Crippen LogP contribution is 2.15. The molecule has 0 unspecified atom stereocenters. The van der Waals surface area contributed by atoms with Crippen LogP contribution in [0, 0.1) is 0 Å². The lowest BCUT2D eigenvalue weighted by Crippen LogP contribution is -2.51. The Labute approximate surface area is 120 Å². The number of nitrogens with one attached hydrogen (secondary N) is 1. The monoisotopic (exact) mass is 296 g/mol. The van der Waals surface area contributed by atoms with E-state index >= 15 is 0 Å². The van der Waals surface area contributed by atoms with E-state index in [1.54, 1.807) is 0 Å². The summed E-state index contributed by atoms with van der Waals surface area (Å²) in [6, 6.07) is 2.37. The second kappa shape index (κ2) is 7.00. The molecule has 1 aliphatic rings. The van der Waals surface area contributed by atoms with E-state index < -0.39 is 30.6 Å². The fourth-order valence-corrected chi connectivity index (χ4v) is 2.04. The predicted molar refractivity (Wildman–Crippen MR) is 70.0 cm³/mol. The molecule has 8 nitrogen and oxygen atoms in total. The molecular weight excluding hydrogens is 280 g/mol. The average Bonchev–Trinajstić information content (AvgIpc) is 2.46. The number of ether oxygens (including phenoxy) is 2. The standard InChI is InChI=1S/C13H16N2O6/c16-9-2-1-4-14-12(9)13(19)15-8-6-20-5-3-10(8)21-7-11(17)18/h1-2,4,8,10,16H,3,5-7H2,(H,15,19)(H,17,18)/t8-,10+/m0/s1. The van der Waals surface area contributed by atoms with Gasteiger partial charge in [0.15, 0.2) is 5.69 Å².